The molecule has 0 saturated carbocycles. The molecule has 232 valence electrons. The van der Waals surface area contributed by atoms with E-state index in [-0.39, 0.29) is 53.7 Å². The number of halogens is 2. The van der Waals surface area contributed by atoms with Gasteiger partial charge in [-0.25, -0.2) is 18.4 Å². The molecule has 0 aliphatic carbocycles. The van der Waals surface area contributed by atoms with Crippen LogP contribution in [0.4, 0.5) is 25.0 Å². The van der Waals surface area contributed by atoms with Gasteiger partial charge in [-0.05, 0) is 44.0 Å². The van der Waals surface area contributed by atoms with E-state index < -0.39 is 40.8 Å². The maximum absolute atomic E-state index is 15.6. The van der Waals surface area contributed by atoms with Crippen molar-refractivity contribution in [2.45, 2.75) is 49.0 Å². The van der Waals surface area contributed by atoms with Gasteiger partial charge in [0.2, 0.25) is 11.3 Å². The Kier molecular flexibility index (Phi) is 7.86. The number of carboxylic acids is 1. The molecule has 2 N–H and O–H groups in total. The van der Waals surface area contributed by atoms with Crippen LogP contribution >= 0.6 is 11.8 Å². The molecule has 14 heteroatoms. The topological polar surface area (TPSA) is 130 Å². The number of hydrogen-bond acceptors (Lipinski definition) is 8. The molecule has 44 heavy (non-hydrogen) atoms. The minimum absolute atomic E-state index is 0.0393. The molecule has 2 fully saturated rings. The molecule has 4 heterocycles. The van der Waals surface area contributed by atoms with Crippen molar-refractivity contribution < 1.29 is 37.7 Å². The maximum atomic E-state index is 15.6. The average molecular weight is 629 g/mol. The first-order valence-electron chi connectivity index (χ1n) is 14.2. The number of carbonyl (C=O) groups excluding carboxylic acids is 2. The molecular formula is C30H30F2N4O7S. The highest BCUT2D eigenvalue weighted by molar-refractivity contribution is 8.00. The molecule has 3 aromatic rings. The van der Waals surface area contributed by atoms with Crippen molar-refractivity contribution in [1.82, 2.24) is 9.88 Å². The van der Waals surface area contributed by atoms with Gasteiger partial charge in [0.1, 0.15) is 29.8 Å². The van der Waals surface area contributed by atoms with E-state index in [1.165, 1.54) is 35.8 Å². The SMILES string of the molecule is CC(=O)NCC1CN(c2ccc(SC3CCN(c4c(F)cc5c(=O)c(C(=O)O)cn6c5c4OCC6C)CC3)c(F)c2)C(=O)O1. The molecule has 2 aromatic carbocycles. The normalized spacial score (nSPS) is 20.0. The number of benzene rings is 2. The highest BCUT2D eigenvalue weighted by Crippen LogP contribution is 2.44. The first kappa shape index (κ1) is 29.7. The van der Waals surface area contributed by atoms with Gasteiger partial charge < -0.3 is 29.4 Å². The molecule has 3 aliphatic heterocycles. The minimum atomic E-state index is -1.37. The maximum Gasteiger partial charge on any atom is 0.414 e. The number of rotatable bonds is 7. The third-order valence-electron chi connectivity index (χ3n) is 8.10. The fourth-order valence-electron chi connectivity index (χ4n) is 5.88. The van der Waals surface area contributed by atoms with Crippen molar-refractivity contribution in [3.8, 4) is 5.75 Å². The van der Waals surface area contributed by atoms with Crippen molar-refractivity contribution in [3.05, 3.63) is 57.9 Å². The average Bonchev–Trinajstić information content (AvgIpc) is 3.36. The van der Waals surface area contributed by atoms with Crippen LogP contribution in [0.25, 0.3) is 10.9 Å². The zero-order chi connectivity index (χ0) is 31.3. The molecule has 1 aromatic heterocycles. The van der Waals surface area contributed by atoms with Crippen LogP contribution in [0, 0.1) is 11.6 Å². The van der Waals surface area contributed by atoms with Crippen LogP contribution < -0.4 is 25.3 Å². The number of carbonyl (C=O) groups is 3. The van der Waals surface area contributed by atoms with E-state index in [9.17, 15) is 24.3 Å². The fraction of sp³-hybridized carbons (Fsp3) is 0.400. The van der Waals surface area contributed by atoms with Gasteiger partial charge in [-0.3, -0.25) is 14.5 Å². The number of hydrogen-bond donors (Lipinski definition) is 2. The lowest BCUT2D eigenvalue weighted by molar-refractivity contribution is -0.119. The summed E-state index contributed by atoms with van der Waals surface area (Å²) >= 11 is 1.38. The predicted octanol–water partition coefficient (Wildman–Crippen LogP) is 4.15. The number of ether oxygens (including phenoxy) is 2. The first-order chi connectivity index (χ1) is 21.0. The number of nitrogens with zero attached hydrogens (tertiary/aromatic N) is 3. The second-order valence-electron chi connectivity index (χ2n) is 11.1. The quantitative estimate of drug-likeness (QED) is 0.396. The summed E-state index contributed by atoms with van der Waals surface area (Å²) < 4.78 is 43.6. The Morgan fingerprint density at radius 2 is 1.89 bits per heavy atom. The third kappa shape index (κ3) is 5.42. The van der Waals surface area contributed by atoms with Gasteiger partial charge in [0, 0.05) is 36.4 Å². The van der Waals surface area contributed by atoms with Gasteiger partial charge in [0.15, 0.2) is 11.6 Å². The summed E-state index contributed by atoms with van der Waals surface area (Å²) in [5.74, 6) is -2.53. The molecular weight excluding hydrogens is 598 g/mol. The second-order valence-corrected chi connectivity index (χ2v) is 12.5. The standard InChI is InChI=1S/C30H30F2N4O7S/c1-15-14-42-28-25-20(27(38)21(29(39)40)13-35(15)25)10-23(32)26(28)34-7-5-19(6-8-34)44-24-4-3-17(9-22(24)31)36-12-18(43-30(36)41)11-33-16(2)37/h3-4,9-10,13,15,18-19H,5-8,11-12,14H2,1-2H3,(H,33,37)(H,39,40). The Labute approximate surface area is 254 Å². The van der Waals surface area contributed by atoms with Crippen LogP contribution in [-0.2, 0) is 9.53 Å². The Morgan fingerprint density at radius 1 is 1.14 bits per heavy atom. The van der Waals surface area contributed by atoms with E-state index >= 15 is 8.78 Å². The molecule has 0 bridgehead atoms. The van der Waals surface area contributed by atoms with E-state index in [0.29, 0.717) is 42.0 Å². The van der Waals surface area contributed by atoms with Crippen LogP contribution in [0.3, 0.4) is 0 Å². The first-order valence-corrected chi connectivity index (χ1v) is 15.1. The van der Waals surface area contributed by atoms with E-state index in [1.54, 1.807) is 16.7 Å². The monoisotopic (exact) mass is 628 g/mol. The number of carboxylic acid groups (broad SMARTS) is 1. The van der Waals surface area contributed by atoms with Crippen LogP contribution in [-0.4, -0.2) is 71.8 Å². The molecule has 0 radical (unpaired) electrons. The largest absolute Gasteiger partial charge is 0.487 e. The number of aromatic nitrogens is 1. The Hall–Kier alpha value is -4.33. The van der Waals surface area contributed by atoms with Crippen molar-refractivity contribution in [3.63, 3.8) is 0 Å². The van der Waals surface area contributed by atoms with Gasteiger partial charge in [0.25, 0.3) is 0 Å². The molecule has 0 spiro atoms. The summed E-state index contributed by atoms with van der Waals surface area (Å²) in [6.07, 6.45) is 1.40. The lowest BCUT2D eigenvalue weighted by Crippen LogP contribution is -2.36. The van der Waals surface area contributed by atoms with Crippen molar-refractivity contribution >= 4 is 52.0 Å². The van der Waals surface area contributed by atoms with Crippen molar-refractivity contribution in [2.24, 2.45) is 0 Å². The van der Waals surface area contributed by atoms with E-state index in [4.69, 9.17) is 9.47 Å². The summed E-state index contributed by atoms with van der Waals surface area (Å²) in [5, 5.41) is 12.1. The lowest BCUT2D eigenvalue weighted by atomic mass is 10.0. The molecule has 11 nitrogen and oxygen atoms in total. The highest BCUT2D eigenvalue weighted by Gasteiger charge is 2.34. The predicted molar refractivity (Wildman–Crippen MR) is 159 cm³/mol. The van der Waals surface area contributed by atoms with Crippen molar-refractivity contribution in [2.75, 3.05) is 42.6 Å². The number of cyclic esters (lactones) is 1. The van der Waals surface area contributed by atoms with Crippen LogP contribution in [0.1, 0.15) is 43.1 Å². The van der Waals surface area contributed by atoms with E-state index in [1.807, 2.05) is 11.8 Å². The van der Waals surface area contributed by atoms with Gasteiger partial charge in [-0.1, -0.05) is 0 Å². The zero-order valence-electron chi connectivity index (χ0n) is 24.0. The van der Waals surface area contributed by atoms with E-state index in [2.05, 4.69) is 5.32 Å². The summed E-state index contributed by atoms with van der Waals surface area (Å²) in [7, 11) is 0. The molecule has 2 atom stereocenters. The molecule has 3 aliphatic rings. The van der Waals surface area contributed by atoms with Gasteiger partial charge in [-0.2, -0.15) is 0 Å². The Balaban J connectivity index is 1.16. The van der Waals surface area contributed by atoms with Gasteiger partial charge in [0.05, 0.1) is 35.7 Å². The number of anilines is 2. The summed E-state index contributed by atoms with van der Waals surface area (Å²) in [5.41, 5.74) is -0.219. The lowest BCUT2D eigenvalue weighted by Gasteiger charge is -2.36. The number of piperidine rings is 1. The molecule has 2 amide bonds. The fourth-order valence-corrected chi connectivity index (χ4v) is 7.01. The van der Waals surface area contributed by atoms with Crippen molar-refractivity contribution in [1.29, 1.82) is 0 Å². The molecule has 6 rings (SSSR count). The number of aromatic carboxylic acids is 1. The van der Waals surface area contributed by atoms with Gasteiger partial charge >= 0.3 is 12.1 Å². The van der Waals surface area contributed by atoms with E-state index in [0.717, 1.165) is 6.07 Å². The number of amides is 2. The highest BCUT2D eigenvalue weighted by atomic mass is 32.2. The summed E-state index contributed by atoms with van der Waals surface area (Å²) in [6.45, 7) is 4.67. The van der Waals surface area contributed by atoms with Crippen LogP contribution in [0.15, 0.2) is 40.2 Å². The third-order valence-corrected chi connectivity index (χ3v) is 9.49. The zero-order valence-corrected chi connectivity index (χ0v) is 24.8. The smallest absolute Gasteiger partial charge is 0.414 e. The Bertz CT molecular complexity index is 1740. The number of thioether (sulfide) groups is 1. The van der Waals surface area contributed by atoms with Crippen LogP contribution in [0.5, 0.6) is 5.75 Å². The van der Waals surface area contributed by atoms with Crippen LogP contribution in [0.2, 0.25) is 0 Å². The number of pyridine rings is 1. The Morgan fingerprint density at radius 3 is 2.57 bits per heavy atom. The molecule has 2 unspecified atom stereocenters. The minimum Gasteiger partial charge on any atom is -0.487 e. The second kappa shape index (κ2) is 11.6. The number of nitrogens with one attached hydrogen (secondary N) is 1. The summed E-state index contributed by atoms with van der Waals surface area (Å²) in [6, 6.07) is 5.42. The molecule has 2 saturated heterocycles. The van der Waals surface area contributed by atoms with Gasteiger partial charge in [-0.15, -0.1) is 11.8 Å². The summed E-state index contributed by atoms with van der Waals surface area (Å²) in [4.78, 5) is 51.6.